The molecule has 0 unspecified atom stereocenters. The Kier molecular flexibility index (Phi) is 2.74. The molecule has 0 saturated heterocycles. The number of thiophene rings is 1. The third-order valence-corrected chi connectivity index (χ3v) is 4.31. The molecule has 1 aromatic heterocycles. The van der Waals surface area contributed by atoms with Crippen molar-refractivity contribution in [2.45, 2.75) is 4.90 Å². The number of hydrogen-bond donors (Lipinski definition) is 1. The monoisotopic (exact) mass is 259 g/mol. The second kappa shape index (κ2) is 4.39. The van der Waals surface area contributed by atoms with Crippen molar-refractivity contribution in [2.75, 3.05) is 5.32 Å². The van der Waals surface area contributed by atoms with Crippen molar-refractivity contribution < 1.29 is 4.79 Å². The second-order valence-corrected chi connectivity index (χ2v) is 5.64. The van der Waals surface area contributed by atoms with Gasteiger partial charge in [0.25, 0.3) is 5.91 Å². The number of carbonyl (C=O) groups is 1. The molecule has 1 aromatic carbocycles. The highest BCUT2D eigenvalue weighted by Crippen LogP contribution is 2.38. The van der Waals surface area contributed by atoms with E-state index in [9.17, 15) is 4.79 Å². The number of anilines is 1. The molecule has 0 fully saturated rings. The van der Waals surface area contributed by atoms with Gasteiger partial charge in [-0.15, -0.1) is 11.3 Å². The summed E-state index contributed by atoms with van der Waals surface area (Å²) in [4.78, 5) is 14.8. The van der Waals surface area contributed by atoms with E-state index in [1.165, 1.54) is 11.8 Å². The summed E-state index contributed by atoms with van der Waals surface area (Å²) in [5.41, 5.74) is 0.894. The van der Waals surface area contributed by atoms with Gasteiger partial charge >= 0.3 is 0 Å². The molecule has 1 aliphatic rings. The van der Waals surface area contributed by atoms with Crippen molar-refractivity contribution in [3.8, 4) is 0 Å². The van der Waals surface area contributed by atoms with Crippen LogP contribution in [0.1, 0.15) is 4.88 Å². The van der Waals surface area contributed by atoms with Gasteiger partial charge in [0.2, 0.25) is 0 Å². The van der Waals surface area contributed by atoms with E-state index in [2.05, 4.69) is 5.32 Å². The van der Waals surface area contributed by atoms with Crippen LogP contribution in [0.5, 0.6) is 0 Å². The van der Waals surface area contributed by atoms with Gasteiger partial charge in [-0.2, -0.15) is 0 Å². The minimum Gasteiger partial charge on any atom is -0.320 e. The van der Waals surface area contributed by atoms with Crippen LogP contribution in [0.4, 0.5) is 5.69 Å². The summed E-state index contributed by atoms with van der Waals surface area (Å²) in [5, 5.41) is 4.90. The zero-order chi connectivity index (χ0) is 11.7. The van der Waals surface area contributed by atoms with Crippen LogP contribution in [-0.2, 0) is 4.79 Å². The predicted molar refractivity (Wildman–Crippen MR) is 73.2 cm³/mol. The van der Waals surface area contributed by atoms with E-state index in [0.29, 0.717) is 0 Å². The van der Waals surface area contributed by atoms with E-state index >= 15 is 0 Å². The van der Waals surface area contributed by atoms with E-state index in [1.807, 2.05) is 47.9 Å². The maximum Gasteiger partial charge on any atom is 0.262 e. The second-order valence-electron chi connectivity index (χ2n) is 3.58. The Labute approximate surface area is 107 Å². The SMILES string of the molecule is O=C1Nc2ccccc2SC1=Cc1cccs1. The molecule has 2 nitrogen and oxygen atoms in total. The molecule has 0 spiro atoms. The molecule has 17 heavy (non-hydrogen) atoms. The zero-order valence-electron chi connectivity index (χ0n) is 8.84. The molecule has 2 heterocycles. The third-order valence-electron chi connectivity index (χ3n) is 2.40. The van der Waals surface area contributed by atoms with Gasteiger partial charge in [-0.3, -0.25) is 4.79 Å². The van der Waals surface area contributed by atoms with Crippen LogP contribution in [0.3, 0.4) is 0 Å². The third kappa shape index (κ3) is 2.14. The summed E-state index contributed by atoms with van der Waals surface area (Å²) in [6.07, 6.45) is 1.93. The number of amides is 1. The van der Waals surface area contributed by atoms with Crippen LogP contribution in [0.2, 0.25) is 0 Å². The first-order valence-electron chi connectivity index (χ1n) is 5.16. The maximum atomic E-state index is 11.9. The van der Waals surface area contributed by atoms with Gasteiger partial charge < -0.3 is 5.32 Å². The Morgan fingerprint density at radius 1 is 1.12 bits per heavy atom. The largest absolute Gasteiger partial charge is 0.320 e. The lowest BCUT2D eigenvalue weighted by molar-refractivity contribution is -0.112. The van der Waals surface area contributed by atoms with Crippen LogP contribution < -0.4 is 5.32 Å². The van der Waals surface area contributed by atoms with Crippen LogP contribution in [0.15, 0.2) is 51.6 Å². The first-order valence-corrected chi connectivity index (χ1v) is 6.86. The summed E-state index contributed by atoms with van der Waals surface area (Å²) in [6.45, 7) is 0. The van der Waals surface area contributed by atoms with Crippen molar-refractivity contribution in [3.63, 3.8) is 0 Å². The summed E-state index contributed by atoms with van der Waals surface area (Å²) in [5.74, 6) is -0.0258. The zero-order valence-corrected chi connectivity index (χ0v) is 10.5. The van der Waals surface area contributed by atoms with Gasteiger partial charge in [-0.05, 0) is 29.7 Å². The number of carbonyl (C=O) groups excluding carboxylic acids is 1. The molecule has 84 valence electrons. The van der Waals surface area contributed by atoms with Gasteiger partial charge in [0, 0.05) is 9.77 Å². The van der Waals surface area contributed by atoms with Gasteiger partial charge in [-0.25, -0.2) is 0 Å². The average molecular weight is 259 g/mol. The van der Waals surface area contributed by atoms with Crippen LogP contribution in [0.25, 0.3) is 6.08 Å². The predicted octanol–water partition coefficient (Wildman–Crippen LogP) is 3.83. The molecule has 4 heteroatoms. The average Bonchev–Trinajstić information content (AvgIpc) is 2.83. The molecule has 1 N–H and O–H groups in total. The summed E-state index contributed by atoms with van der Waals surface area (Å²) >= 11 is 3.15. The fraction of sp³-hybridized carbons (Fsp3) is 0. The Morgan fingerprint density at radius 2 is 2.00 bits per heavy atom. The lowest BCUT2D eigenvalue weighted by atomic mass is 10.3. The summed E-state index contributed by atoms with van der Waals surface area (Å²) in [6, 6.07) is 11.8. The first-order chi connectivity index (χ1) is 8.33. The molecular formula is C13H9NOS2. The topological polar surface area (TPSA) is 29.1 Å². The van der Waals surface area contributed by atoms with E-state index in [1.54, 1.807) is 11.3 Å². The molecule has 1 aliphatic heterocycles. The van der Waals surface area contributed by atoms with Crippen molar-refractivity contribution in [3.05, 3.63) is 51.6 Å². The van der Waals surface area contributed by atoms with E-state index in [4.69, 9.17) is 0 Å². The lowest BCUT2D eigenvalue weighted by Crippen LogP contribution is -2.16. The molecule has 0 atom stereocenters. The van der Waals surface area contributed by atoms with E-state index < -0.39 is 0 Å². The fourth-order valence-corrected chi connectivity index (χ4v) is 3.28. The molecule has 0 aliphatic carbocycles. The highest BCUT2D eigenvalue weighted by molar-refractivity contribution is 8.04. The number of fused-ring (bicyclic) bond motifs is 1. The van der Waals surface area contributed by atoms with Gasteiger partial charge in [0.05, 0.1) is 10.6 Å². The van der Waals surface area contributed by atoms with Gasteiger partial charge in [0.15, 0.2) is 0 Å². The minimum absolute atomic E-state index is 0.0258. The summed E-state index contributed by atoms with van der Waals surface area (Å²) < 4.78 is 0. The normalized spacial score (nSPS) is 16.7. The first kappa shape index (κ1) is 10.6. The van der Waals surface area contributed by atoms with Crippen molar-refractivity contribution in [2.24, 2.45) is 0 Å². The molecule has 2 aromatic rings. The smallest absolute Gasteiger partial charge is 0.262 e. The number of rotatable bonds is 1. The minimum atomic E-state index is -0.0258. The number of nitrogens with one attached hydrogen (secondary N) is 1. The molecule has 0 radical (unpaired) electrons. The fourth-order valence-electron chi connectivity index (χ4n) is 1.61. The molecular weight excluding hydrogens is 250 g/mol. The van der Waals surface area contributed by atoms with Crippen molar-refractivity contribution >= 4 is 40.8 Å². The maximum absolute atomic E-state index is 11.9. The summed E-state index contributed by atoms with van der Waals surface area (Å²) in [7, 11) is 0. The van der Waals surface area contributed by atoms with Gasteiger partial charge in [-0.1, -0.05) is 30.0 Å². The van der Waals surface area contributed by atoms with Gasteiger partial charge in [0.1, 0.15) is 0 Å². The van der Waals surface area contributed by atoms with Crippen LogP contribution in [0, 0.1) is 0 Å². The molecule has 1 amide bonds. The molecule has 3 rings (SSSR count). The molecule has 0 saturated carbocycles. The van der Waals surface area contributed by atoms with Crippen molar-refractivity contribution in [1.29, 1.82) is 0 Å². The lowest BCUT2D eigenvalue weighted by Gasteiger charge is -2.17. The Hall–Kier alpha value is -1.52. The number of benzene rings is 1. The number of para-hydroxylation sites is 1. The number of hydrogen-bond acceptors (Lipinski definition) is 3. The highest BCUT2D eigenvalue weighted by atomic mass is 32.2. The van der Waals surface area contributed by atoms with Crippen molar-refractivity contribution in [1.82, 2.24) is 0 Å². The van der Waals surface area contributed by atoms with E-state index in [-0.39, 0.29) is 5.91 Å². The highest BCUT2D eigenvalue weighted by Gasteiger charge is 2.20. The Balaban J connectivity index is 1.97. The standard InChI is InChI=1S/C13H9NOS2/c15-13-12(8-9-4-3-7-16-9)17-11-6-2-1-5-10(11)14-13/h1-8H,(H,14,15). The van der Waals surface area contributed by atoms with E-state index in [0.717, 1.165) is 20.4 Å². The Bertz CT molecular complexity index is 587. The molecule has 0 bridgehead atoms. The quantitative estimate of drug-likeness (QED) is 0.788. The Morgan fingerprint density at radius 3 is 2.82 bits per heavy atom. The van der Waals surface area contributed by atoms with Crippen LogP contribution in [-0.4, -0.2) is 5.91 Å². The van der Waals surface area contributed by atoms with Crippen LogP contribution >= 0.6 is 23.1 Å². The number of thioether (sulfide) groups is 1.